The molecule has 2 aliphatic rings. The smallest absolute Gasteiger partial charge is 0.389 e. The van der Waals surface area contributed by atoms with Crippen LogP contribution in [0.4, 0.5) is 4.39 Å². The van der Waals surface area contributed by atoms with Crippen molar-refractivity contribution in [3.63, 3.8) is 0 Å². The molecule has 162 valence electrons. The number of fused-ring (bicyclic) bond motifs is 1. The Morgan fingerprint density at radius 3 is 2.25 bits per heavy atom. The largest absolute Gasteiger partial charge is 0.547 e. The van der Waals surface area contributed by atoms with Crippen LogP contribution in [-0.2, 0) is 18.0 Å². The molecule has 1 saturated carbocycles. The second kappa shape index (κ2) is 9.16. The van der Waals surface area contributed by atoms with Gasteiger partial charge in [-0.1, -0.05) is 27.2 Å². The van der Waals surface area contributed by atoms with Crippen molar-refractivity contribution >= 4 is 15.9 Å². The van der Waals surface area contributed by atoms with E-state index in [-0.39, 0.29) is 24.2 Å². The summed E-state index contributed by atoms with van der Waals surface area (Å²) >= 11 is 0. The molecule has 2 rings (SSSR count). The number of hydrogen-bond donors (Lipinski definition) is 0. The first-order valence-corrected chi connectivity index (χ1v) is 15.1. The highest BCUT2D eigenvalue weighted by atomic mass is 31.2. The second-order valence-corrected chi connectivity index (χ2v) is 15.9. The molecule has 0 amide bonds. The topological polar surface area (TPSA) is 44.8 Å². The van der Waals surface area contributed by atoms with E-state index in [1.165, 1.54) is 5.57 Å². The highest BCUT2D eigenvalue weighted by Gasteiger charge is 2.43. The number of allylic oxidation sites excluding steroid dienone is 3. The fraction of sp³-hybridized carbons (Fsp3) is 0.810. The van der Waals surface area contributed by atoms with Crippen LogP contribution in [0.25, 0.3) is 0 Å². The molecule has 7 heteroatoms. The highest BCUT2D eigenvalue weighted by Crippen LogP contribution is 2.61. The second-order valence-electron chi connectivity index (χ2n) is 9.26. The van der Waals surface area contributed by atoms with Crippen LogP contribution in [0.1, 0.15) is 73.1 Å². The van der Waals surface area contributed by atoms with Gasteiger partial charge >= 0.3 is 7.60 Å². The van der Waals surface area contributed by atoms with Gasteiger partial charge in [-0.3, -0.25) is 4.57 Å². The number of halogens is 1. The van der Waals surface area contributed by atoms with Crippen LogP contribution >= 0.6 is 7.60 Å². The molecular weight excluding hydrogens is 394 g/mol. The van der Waals surface area contributed by atoms with E-state index < -0.39 is 21.5 Å². The fourth-order valence-corrected chi connectivity index (χ4v) is 6.56. The Kier molecular flexibility index (Phi) is 7.80. The van der Waals surface area contributed by atoms with Gasteiger partial charge in [0, 0.05) is 12.3 Å². The van der Waals surface area contributed by atoms with Crippen molar-refractivity contribution < 1.29 is 22.4 Å². The average molecular weight is 433 g/mol. The lowest BCUT2D eigenvalue weighted by atomic mass is 9.74. The van der Waals surface area contributed by atoms with Gasteiger partial charge in [0.2, 0.25) is 13.9 Å². The molecule has 0 bridgehead atoms. The van der Waals surface area contributed by atoms with Gasteiger partial charge in [-0.05, 0) is 68.8 Å². The van der Waals surface area contributed by atoms with Crippen LogP contribution in [-0.4, -0.2) is 21.5 Å². The van der Waals surface area contributed by atoms with Gasteiger partial charge in [-0.2, -0.15) is 4.39 Å². The van der Waals surface area contributed by atoms with Gasteiger partial charge in [-0.25, -0.2) is 0 Å². The van der Waals surface area contributed by atoms with Crippen LogP contribution in [0.2, 0.25) is 18.1 Å². The summed E-state index contributed by atoms with van der Waals surface area (Å²) in [6.45, 7) is 14.9. The minimum Gasteiger partial charge on any atom is -0.547 e. The van der Waals surface area contributed by atoms with E-state index in [0.717, 1.165) is 31.4 Å². The molecule has 0 heterocycles. The first kappa shape index (κ1) is 23.9. The quantitative estimate of drug-likeness (QED) is 0.305. The van der Waals surface area contributed by atoms with Crippen molar-refractivity contribution in [2.75, 3.05) is 13.2 Å². The zero-order valence-electron chi connectivity index (χ0n) is 18.7. The lowest BCUT2D eigenvalue weighted by Gasteiger charge is -2.42. The summed E-state index contributed by atoms with van der Waals surface area (Å²) in [6, 6.07) is 0. The SMILES string of the molecule is CCOP(=O)(OCC)/C(F)=C1/CCC(O[Si](C)(C)C(C)(C)C)=C2CCCCC21. The monoisotopic (exact) mass is 432 g/mol. The van der Waals surface area contributed by atoms with E-state index in [4.69, 9.17) is 13.5 Å². The maximum Gasteiger partial charge on any atom is 0.389 e. The van der Waals surface area contributed by atoms with Crippen molar-refractivity contribution in [1.82, 2.24) is 0 Å². The van der Waals surface area contributed by atoms with E-state index in [1.807, 2.05) is 0 Å². The molecule has 0 aromatic heterocycles. The van der Waals surface area contributed by atoms with E-state index in [1.54, 1.807) is 13.8 Å². The normalized spacial score (nSPS) is 23.5. The Hall–Kier alpha value is -0.423. The van der Waals surface area contributed by atoms with Gasteiger partial charge in [0.05, 0.1) is 19.0 Å². The van der Waals surface area contributed by atoms with Gasteiger partial charge in [0.25, 0.3) is 0 Å². The Morgan fingerprint density at radius 1 is 1.11 bits per heavy atom. The summed E-state index contributed by atoms with van der Waals surface area (Å²) in [5.41, 5.74) is 1.17. The van der Waals surface area contributed by atoms with Gasteiger partial charge in [0.15, 0.2) is 0 Å². The summed E-state index contributed by atoms with van der Waals surface area (Å²) in [6.07, 6.45) is 5.14. The lowest BCUT2D eigenvalue weighted by molar-refractivity contribution is 0.218. The predicted octanol–water partition coefficient (Wildman–Crippen LogP) is 7.69. The van der Waals surface area contributed by atoms with Crippen molar-refractivity contribution in [3.8, 4) is 0 Å². The lowest BCUT2D eigenvalue weighted by Crippen LogP contribution is -2.41. The van der Waals surface area contributed by atoms with Crippen LogP contribution in [0.3, 0.4) is 0 Å². The fourth-order valence-electron chi connectivity index (χ4n) is 3.80. The third-order valence-corrected chi connectivity index (χ3v) is 12.6. The standard InChI is InChI=1S/C21H38FO4PSi/c1-8-24-27(23,25-9-2)20(22)18-14-15-19(17-13-11-10-12-16(17)18)26-28(6,7)21(3,4)5/h16H,8-15H2,1-7H3/b20-18-. The molecule has 28 heavy (non-hydrogen) atoms. The molecule has 1 fully saturated rings. The van der Waals surface area contributed by atoms with Crippen molar-refractivity contribution in [1.29, 1.82) is 0 Å². The van der Waals surface area contributed by atoms with Crippen molar-refractivity contribution in [2.45, 2.75) is 91.3 Å². The predicted molar refractivity (Wildman–Crippen MR) is 115 cm³/mol. The summed E-state index contributed by atoms with van der Waals surface area (Å²) in [5.74, 6) is 1.03. The molecule has 0 saturated heterocycles. The molecule has 0 N–H and O–H groups in total. The maximum absolute atomic E-state index is 15.4. The molecule has 4 nitrogen and oxygen atoms in total. The summed E-state index contributed by atoms with van der Waals surface area (Å²) in [5, 5.41) is 0.117. The minimum absolute atomic E-state index is 0.0310. The Morgan fingerprint density at radius 2 is 1.71 bits per heavy atom. The molecule has 2 aliphatic carbocycles. The Balaban J connectivity index is 2.44. The molecule has 0 radical (unpaired) electrons. The van der Waals surface area contributed by atoms with Gasteiger partial charge < -0.3 is 13.5 Å². The molecule has 0 spiro atoms. The van der Waals surface area contributed by atoms with Gasteiger partial charge in [-0.15, -0.1) is 0 Å². The van der Waals surface area contributed by atoms with E-state index in [9.17, 15) is 4.57 Å². The molecule has 0 aromatic rings. The third-order valence-electron chi connectivity index (χ3n) is 6.30. The van der Waals surface area contributed by atoms with Gasteiger partial charge in [0.1, 0.15) is 0 Å². The van der Waals surface area contributed by atoms with E-state index in [0.29, 0.717) is 18.4 Å². The van der Waals surface area contributed by atoms with Crippen LogP contribution in [0.15, 0.2) is 22.5 Å². The Labute approximate surface area is 171 Å². The zero-order valence-corrected chi connectivity index (χ0v) is 20.6. The molecule has 0 aliphatic heterocycles. The Bertz CT molecular complexity index is 668. The summed E-state index contributed by atoms with van der Waals surface area (Å²) in [7, 11) is -5.82. The summed E-state index contributed by atoms with van der Waals surface area (Å²) in [4.78, 5) is 0. The van der Waals surface area contributed by atoms with Crippen LogP contribution < -0.4 is 0 Å². The average Bonchev–Trinajstić information content (AvgIpc) is 2.60. The number of rotatable bonds is 7. The molecule has 0 aromatic carbocycles. The van der Waals surface area contributed by atoms with Crippen molar-refractivity contribution in [2.24, 2.45) is 5.92 Å². The maximum atomic E-state index is 15.4. The van der Waals surface area contributed by atoms with E-state index in [2.05, 4.69) is 33.9 Å². The molecule has 1 atom stereocenters. The summed E-state index contributed by atoms with van der Waals surface area (Å²) < 4.78 is 45.7. The zero-order chi connectivity index (χ0) is 21.2. The minimum atomic E-state index is -3.87. The van der Waals surface area contributed by atoms with Crippen LogP contribution in [0.5, 0.6) is 0 Å². The van der Waals surface area contributed by atoms with Crippen LogP contribution in [0, 0.1) is 5.92 Å². The molecule has 1 unspecified atom stereocenters. The number of hydrogen-bond acceptors (Lipinski definition) is 4. The third kappa shape index (κ3) is 5.00. The first-order chi connectivity index (χ1) is 13.0. The first-order valence-electron chi connectivity index (χ1n) is 10.7. The van der Waals surface area contributed by atoms with E-state index >= 15 is 4.39 Å². The molecular formula is C21H38FO4PSi. The highest BCUT2D eigenvalue weighted by molar-refractivity contribution is 7.58. The van der Waals surface area contributed by atoms with Crippen molar-refractivity contribution in [3.05, 3.63) is 22.5 Å².